The molecule has 1 saturated heterocycles. The standard InChI is InChI=1S/C22H26N2O7S2/c1-2-24(18-9-12-32(26,27)15-18)33(28,29)19-6-3-5-16(13-19)22(25)23-17-7-8-20-21(14-17)31-11-4-10-30-20/h3,5-8,13-14,18H,2,4,9-12,15H2,1H3,(H,23,25)/t18-/m1/s1. The summed E-state index contributed by atoms with van der Waals surface area (Å²) in [5, 5.41) is 2.75. The lowest BCUT2D eigenvalue weighted by Gasteiger charge is -2.26. The van der Waals surface area contributed by atoms with E-state index < -0.39 is 31.8 Å². The van der Waals surface area contributed by atoms with Gasteiger partial charge < -0.3 is 14.8 Å². The highest BCUT2D eigenvalue weighted by Crippen LogP contribution is 2.32. The van der Waals surface area contributed by atoms with Crippen LogP contribution in [-0.4, -0.2) is 64.4 Å². The Morgan fingerprint density at radius 3 is 2.58 bits per heavy atom. The van der Waals surface area contributed by atoms with E-state index in [1.54, 1.807) is 25.1 Å². The number of sulfonamides is 1. The molecule has 0 aromatic heterocycles. The number of carbonyl (C=O) groups excluding carboxylic acids is 1. The third kappa shape index (κ3) is 5.15. The molecule has 1 fully saturated rings. The molecule has 0 spiro atoms. The van der Waals surface area contributed by atoms with Crippen LogP contribution in [0.4, 0.5) is 5.69 Å². The predicted octanol–water partition coefficient (Wildman–Crippen LogP) is 2.30. The SMILES string of the molecule is CCN([C@@H]1CCS(=O)(=O)C1)S(=O)(=O)c1cccc(C(=O)Nc2ccc3c(c2)OCCCO3)c1. The predicted molar refractivity (Wildman–Crippen MR) is 123 cm³/mol. The van der Waals surface area contributed by atoms with Crippen LogP contribution < -0.4 is 14.8 Å². The molecule has 1 amide bonds. The summed E-state index contributed by atoms with van der Waals surface area (Å²) in [7, 11) is -7.22. The molecule has 9 nitrogen and oxygen atoms in total. The monoisotopic (exact) mass is 494 g/mol. The maximum absolute atomic E-state index is 13.3. The highest BCUT2D eigenvalue weighted by molar-refractivity contribution is 7.92. The Labute approximate surface area is 193 Å². The van der Waals surface area contributed by atoms with E-state index in [0.29, 0.717) is 30.4 Å². The Balaban J connectivity index is 1.54. The maximum atomic E-state index is 13.3. The number of ether oxygens (including phenoxy) is 2. The summed E-state index contributed by atoms with van der Waals surface area (Å²) in [6, 6.07) is 10.2. The summed E-state index contributed by atoms with van der Waals surface area (Å²) in [6.07, 6.45) is 1.03. The Morgan fingerprint density at radius 1 is 1.12 bits per heavy atom. The molecule has 1 N–H and O–H groups in total. The van der Waals surface area contributed by atoms with Gasteiger partial charge in [-0.2, -0.15) is 4.31 Å². The zero-order valence-electron chi connectivity index (χ0n) is 18.2. The summed E-state index contributed by atoms with van der Waals surface area (Å²) in [5.41, 5.74) is 0.655. The largest absolute Gasteiger partial charge is 0.490 e. The second-order valence-electron chi connectivity index (χ2n) is 7.96. The van der Waals surface area contributed by atoms with Gasteiger partial charge in [-0.1, -0.05) is 13.0 Å². The number of nitrogens with zero attached hydrogens (tertiary/aromatic N) is 1. The van der Waals surface area contributed by atoms with E-state index in [9.17, 15) is 21.6 Å². The number of sulfone groups is 1. The van der Waals surface area contributed by atoms with Crippen LogP contribution in [0.25, 0.3) is 0 Å². The van der Waals surface area contributed by atoms with Gasteiger partial charge in [0.1, 0.15) is 0 Å². The molecular weight excluding hydrogens is 468 g/mol. The second-order valence-corrected chi connectivity index (χ2v) is 12.1. The highest BCUT2D eigenvalue weighted by atomic mass is 32.2. The summed E-state index contributed by atoms with van der Waals surface area (Å²) in [4.78, 5) is 12.8. The minimum atomic E-state index is -3.98. The highest BCUT2D eigenvalue weighted by Gasteiger charge is 2.38. The molecule has 0 unspecified atom stereocenters. The van der Waals surface area contributed by atoms with Gasteiger partial charge in [0.05, 0.1) is 29.6 Å². The van der Waals surface area contributed by atoms with E-state index in [2.05, 4.69) is 5.32 Å². The number of nitrogens with one attached hydrogen (secondary N) is 1. The molecule has 2 aliphatic heterocycles. The van der Waals surface area contributed by atoms with Crippen molar-refractivity contribution in [1.29, 1.82) is 0 Å². The van der Waals surface area contributed by atoms with Gasteiger partial charge in [0, 0.05) is 36.3 Å². The average Bonchev–Trinajstić information content (AvgIpc) is 2.98. The molecule has 178 valence electrons. The van der Waals surface area contributed by atoms with Crippen LogP contribution in [0.1, 0.15) is 30.1 Å². The molecule has 33 heavy (non-hydrogen) atoms. The lowest BCUT2D eigenvalue weighted by Crippen LogP contribution is -2.40. The smallest absolute Gasteiger partial charge is 0.255 e. The molecule has 2 aromatic rings. The van der Waals surface area contributed by atoms with Crippen LogP contribution in [-0.2, 0) is 19.9 Å². The Kier molecular flexibility index (Phi) is 6.64. The van der Waals surface area contributed by atoms with Crippen molar-refractivity contribution in [3.63, 3.8) is 0 Å². The molecule has 0 aliphatic carbocycles. The quantitative estimate of drug-likeness (QED) is 0.654. The molecule has 2 aromatic carbocycles. The Bertz CT molecular complexity index is 1260. The number of hydrogen-bond donors (Lipinski definition) is 1. The lowest BCUT2D eigenvalue weighted by atomic mass is 10.2. The number of amides is 1. The number of anilines is 1. The van der Waals surface area contributed by atoms with Crippen molar-refractivity contribution in [3.05, 3.63) is 48.0 Å². The zero-order chi connectivity index (χ0) is 23.6. The van der Waals surface area contributed by atoms with Crippen molar-refractivity contribution in [2.45, 2.75) is 30.7 Å². The lowest BCUT2D eigenvalue weighted by molar-refractivity contribution is 0.102. The number of fused-ring (bicyclic) bond motifs is 1. The fourth-order valence-electron chi connectivity index (χ4n) is 4.00. The first-order valence-electron chi connectivity index (χ1n) is 10.7. The van der Waals surface area contributed by atoms with Crippen LogP contribution in [0.2, 0.25) is 0 Å². The molecule has 4 rings (SSSR count). The molecular formula is C22H26N2O7S2. The van der Waals surface area contributed by atoms with Gasteiger partial charge in [0.2, 0.25) is 10.0 Å². The van der Waals surface area contributed by atoms with Gasteiger partial charge in [0.15, 0.2) is 21.3 Å². The third-order valence-electron chi connectivity index (χ3n) is 5.64. The summed E-state index contributed by atoms with van der Waals surface area (Å²) in [5.74, 6) is 0.443. The van der Waals surface area contributed by atoms with E-state index in [1.807, 2.05) is 0 Å². The first kappa shape index (κ1) is 23.5. The van der Waals surface area contributed by atoms with Crippen molar-refractivity contribution in [3.8, 4) is 11.5 Å². The van der Waals surface area contributed by atoms with E-state index in [0.717, 1.165) is 6.42 Å². The molecule has 0 radical (unpaired) electrons. The van der Waals surface area contributed by atoms with Gasteiger partial charge in [0.25, 0.3) is 5.91 Å². The van der Waals surface area contributed by atoms with Crippen molar-refractivity contribution < 1.29 is 31.1 Å². The molecule has 2 heterocycles. The van der Waals surface area contributed by atoms with Crippen molar-refractivity contribution in [1.82, 2.24) is 4.31 Å². The van der Waals surface area contributed by atoms with Gasteiger partial charge in [-0.25, -0.2) is 16.8 Å². The molecule has 2 aliphatic rings. The molecule has 0 bridgehead atoms. The fourth-order valence-corrected chi connectivity index (χ4v) is 7.54. The van der Waals surface area contributed by atoms with Crippen LogP contribution in [0, 0.1) is 0 Å². The van der Waals surface area contributed by atoms with Gasteiger partial charge >= 0.3 is 0 Å². The maximum Gasteiger partial charge on any atom is 0.255 e. The Morgan fingerprint density at radius 2 is 1.88 bits per heavy atom. The Hall–Kier alpha value is -2.63. The van der Waals surface area contributed by atoms with Crippen molar-refractivity contribution in [2.75, 3.05) is 36.6 Å². The summed E-state index contributed by atoms with van der Waals surface area (Å²) in [6.45, 7) is 2.88. The first-order chi connectivity index (χ1) is 15.7. The van der Waals surface area contributed by atoms with E-state index in [-0.39, 0.29) is 34.9 Å². The number of benzene rings is 2. The van der Waals surface area contributed by atoms with Gasteiger partial charge in [-0.05, 0) is 36.8 Å². The second kappa shape index (κ2) is 9.32. The summed E-state index contributed by atoms with van der Waals surface area (Å²) >= 11 is 0. The first-order valence-corrected chi connectivity index (χ1v) is 14.0. The van der Waals surface area contributed by atoms with Crippen LogP contribution in [0.5, 0.6) is 11.5 Å². The van der Waals surface area contributed by atoms with Gasteiger partial charge in [-0.15, -0.1) is 0 Å². The zero-order valence-corrected chi connectivity index (χ0v) is 19.8. The van der Waals surface area contributed by atoms with Crippen LogP contribution >= 0.6 is 0 Å². The number of hydrogen-bond acceptors (Lipinski definition) is 7. The normalized spacial score (nSPS) is 19.8. The number of rotatable bonds is 6. The minimum Gasteiger partial charge on any atom is -0.490 e. The van der Waals surface area contributed by atoms with E-state index in [1.165, 1.54) is 28.6 Å². The average molecular weight is 495 g/mol. The van der Waals surface area contributed by atoms with Crippen LogP contribution in [0.3, 0.4) is 0 Å². The van der Waals surface area contributed by atoms with Crippen molar-refractivity contribution >= 4 is 31.5 Å². The fraction of sp³-hybridized carbons (Fsp3) is 0.409. The summed E-state index contributed by atoms with van der Waals surface area (Å²) < 4.78 is 62.7. The van der Waals surface area contributed by atoms with E-state index in [4.69, 9.17) is 9.47 Å². The molecule has 0 saturated carbocycles. The minimum absolute atomic E-state index is 0.0261. The third-order valence-corrected chi connectivity index (χ3v) is 9.41. The molecule has 11 heteroatoms. The molecule has 1 atom stereocenters. The van der Waals surface area contributed by atoms with E-state index >= 15 is 0 Å². The number of carbonyl (C=O) groups is 1. The topological polar surface area (TPSA) is 119 Å². The van der Waals surface area contributed by atoms with Gasteiger partial charge in [-0.3, -0.25) is 4.79 Å². The van der Waals surface area contributed by atoms with Crippen molar-refractivity contribution in [2.24, 2.45) is 0 Å². The van der Waals surface area contributed by atoms with Crippen LogP contribution in [0.15, 0.2) is 47.4 Å².